The normalized spacial score (nSPS) is 13.2. The lowest BCUT2D eigenvalue weighted by Crippen LogP contribution is -2.17. The van der Waals surface area contributed by atoms with Crippen LogP contribution in [0.2, 0.25) is 0 Å². The maximum Gasteiger partial charge on any atom is 0.0546 e. The zero-order valence-corrected chi connectivity index (χ0v) is 28.2. The van der Waals surface area contributed by atoms with Gasteiger partial charge in [0.1, 0.15) is 0 Å². The first kappa shape index (κ1) is 28.8. The van der Waals surface area contributed by atoms with Crippen LogP contribution in [0.15, 0.2) is 176 Å². The first-order valence-electron chi connectivity index (χ1n) is 17.5. The van der Waals surface area contributed by atoms with Crippen LogP contribution in [0.4, 0.5) is 17.1 Å². The van der Waals surface area contributed by atoms with Gasteiger partial charge in [0.2, 0.25) is 0 Å². The number of nitrogens with zero attached hydrogens (tertiary/aromatic N) is 1. The van der Waals surface area contributed by atoms with Crippen LogP contribution < -0.4 is 4.90 Å². The van der Waals surface area contributed by atoms with E-state index < -0.39 is 0 Å². The second-order valence-corrected chi connectivity index (χ2v) is 14.1. The summed E-state index contributed by atoms with van der Waals surface area (Å²) in [7, 11) is 0. The molecular weight excluding hydrogens is 603 g/mol. The van der Waals surface area contributed by atoms with E-state index >= 15 is 0 Å². The van der Waals surface area contributed by atoms with Crippen molar-refractivity contribution in [3.05, 3.63) is 187 Å². The number of rotatable bonds is 4. The van der Waals surface area contributed by atoms with Gasteiger partial charge in [-0.3, -0.25) is 0 Å². The summed E-state index contributed by atoms with van der Waals surface area (Å²) in [6, 6.07) is 65.0. The Morgan fingerprint density at radius 3 is 1.72 bits per heavy atom. The van der Waals surface area contributed by atoms with E-state index in [4.69, 9.17) is 0 Å². The molecular formula is C49H35N. The molecule has 8 aromatic rings. The maximum atomic E-state index is 2.49. The number of hydrogen-bond donors (Lipinski definition) is 0. The predicted octanol–water partition coefficient (Wildman–Crippen LogP) is 13.6. The summed E-state index contributed by atoms with van der Waals surface area (Å²) >= 11 is 0. The van der Waals surface area contributed by atoms with Crippen LogP contribution in [0.1, 0.15) is 25.0 Å². The molecule has 0 spiro atoms. The van der Waals surface area contributed by atoms with Crippen molar-refractivity contribution >= 4 is 27.8 Å². The zero-order chi connectivity index (χ0) is 33.4. The van der Waals surface area contributed by atoms with Crippen LogP contribution in [0.5, 0.6) is 0 Å². The third kappa shape index (κ3) is 4.20. The lowest BCUT2D eigenvalue weighted by Gasteiger charge is -2.31. The van der Waals surface area contributed by atoms with E-state index in [0.29, 0.717) is 0 Å². The quantitative estimate of drug-likeness (QED) is 0.186. The summed E-state index contributed by atoms with van der Waals surface area (Å²) in [6.45, 7) is 4.73. The van der Waals surface area contributed by atoms with Crippen LogP contribution in [0.25, 0.3) is 66.4 Å². The van der Waals surface area contributed by atoms with Crippen LogP contribution >= 0.6 is 0 Å². The molecule has 0 radical (unpaired) electrons. The Hall–Kier alpha value is -6.18. The van der Waals surface area contributed by atoms with E-state index in [0.717, 1.165) is 11.4 Å². The van der Waals surface area contributed by atoms with E-state index in [1.165, 1.54) is 83.2 Å². The standard InChI is InChI=1S/C49H35N/c1-49(2)44-23-9-8-18-38(44)39-30-29-36(31-45(39)49)50(35-27-25-33(26-28-35)32-13-4-3-5-14-32)46-24-12-22-43-42-21-11-16-34-15-10-20-40(47(34)42)37-17-6-7-19-41(37)48(43)46/h3-31H,1-2H3. The lowest BCUT2D eigenvalue weighted by atomic mass is 9.82. The molecule has 50 heavy (non-hydrogen) atoms. The fraction of sp³-hybridized carbons (Fsp3) is 0.0612. The van der Waals surface area contributed by atoms with Crippen LogP contribution in [-0.2, 0) is 5.41 Å². The molecule has 1 heteroatoms. The molecule has 1 nitrogen and oxygen atoms in total. The minimum Gasteiger partial charge on any atom is -0.310 e. The Morgan fingerprint density at radius 2 is 0.940 bits per heavy atom. The molecule has 0 saturated heterocycles. The number of hydrogen-bond acceptors (Lipinski definition) is 1. The van der Waals surface area contributed by atoms with Gasteiger partial charge < -0.3 is 4.90 Å². The summed E-state index contributed by atoms with van der Waals surface area (Å²) in [5.41, 5.74) is 18.8. The molecule has 2 aliphatic rings. The maximum absolute atomic E-state index is 2.49. The lowest BCUT2D eigenvalue weighted by molar-refractivity contribution is 0.660. The largest absolute Gasteiger partial charge is 0.310 e. The minimum absolute atomic E-state index is 0.109. The molecule has 0 aliphatic heterocycles. The Labute approximate surface area is 293 Å². The fourth-order valence-corrected chi connectivity index (χ4v) is 8.65. The van der Waals surface area contributed by atoms with Gasteiger partial charge in [-0.25, -0.2) is 0 Å². The third-order valence-corrected chi connectivity index (χ3v) is 11.0. The van der Waals surface area contributed by atoms with Gasteiger partial charge in [0.05, 0.1) is 5.69 Å². The molecule has 2 aliphatic carbocycles. The van der Waals surface area contributed by atoms with Crippen molar-refractivity contribution < 1.29 is 0 Å². The topological polar surface area (TPSA) is 3.24 Å². The Balaban J connectivity index is 1.25. The molecule has 236 valence electrons. The highest BCUT2D eigenvalue weighted by Crippen LogP contribution is 2.54. The van der Waals surface area contributed by atoms with Gasteiger partial charge in [-0.2, -0.15) is 0 Å². The molecule has 0 aromatic heterocycles. The van der Waals surface area contributed by atoms with Gasteiger partial charge in [-0.1, -0.05) is 159 Å². The van der Waals surface area contributed by atoms with Gasteiger partial charge in [-0.05, 0) is 102 Å². The van der Waals surface area contributed by atoms with Crippen LogP contribution in [0, 0.1) is 0 Å². The Morgan fingerprint density at radius 1 is 0.380 bits per heavy atom. The smallest absolute Gasteiger partial charge is 0.0546 e. The number of benzene rings is 8. The summed E-state index contributed by atoms with van der Waals surface area (Å²) in [6.07, 6.45) is 0. The Kier molecular flexibility index (Phi) is 6.29. The average molecular weight is 638 g/mol. The first-order chi connectivity index (χ1) is 24.6. The van der Waals surface area contributed by atoms with E-state index in [1.54, 1.807) is 0 Å². The summed E-state index contributed by atoms with van der Waals surface area (Å²) in [5, 5.41) is 2.58. The van der Waals surface area contributed by atoms with Crippen molar-refractivity contribution in [2.24, 2.45) is 0 Å². The van der Waals surface area contributed by atoms with E-state index in [9.17, 15) is 0 Å². The molecule has 0 bridgehead atoms. The molecule has 0 amide bonds. The fourth-order valence-electron chi connectivity index (χ4n) is 8.65. The van der Waals surface area contributed by atoms with Crippen molar-refractivity contribution in [1.82, 2.24) is 0 Å². The highest BCUT2D eigenvalue weighted by molar-refractivity contribution is 6.15. The SMILES string of the molecule is CC1(C)c2ccccc2-c2ccc(N(c3ccc(-c4ccccc4)cc3)c3cccc4c3-c3ccccc3-c3cccc5cccc-4c35)cc21. The van der Waals surface area contributed by atoms with Crippen molar-refractivity contribution in [2.45, 2.75) is 19.3 Å². The van der Waals surface area contributed by atoms with Crippen molar-refractivity contribution in [1.29, 1.82) is 0 Å². The summed E-state index contributed by atoms with van der Waals surface area (Å²) in [5.74, 6) is 0. The zero-order valence-electron chi connectivity index (χ0n) is 28.2. The molecule has 0 atom stereocenters. The van der Waals surface area contributed by atoms with E-state index in [1.807, 2.05) is 0 Å². The van der Waals surface area contributed by atoms with Crippen LogP contribution in [-0.4, -0.2) is 0 Å². The molecule has 8 aromatic carbocycles. The second-order valence-electron chi connectivity index (χ2n) is 14.1. The molecule has 0 N–H and O–H groups in total. The van der Waals surface area contributed by atoms with E-state index in [-0.39, 0.29) is 5.41 Å². The van der Waals surface area contributed by atoms with Gasteiger partial charge in [0.15, 0.2) is 0 Å². The van der Waals surface area contributed by atoms with Gasteiger partial charge in [0, 0.05) is 22.4 Å². The third-order valence-electron chi connectivity index (χ3n) is 11.0. The first-order valence-corrected chi connectivity index (χ1v) is 17.5. The highest BCUT2D eigenvalue weighted by Gasteiger charge is 2.36. The second kappa shape index (κ2) is 10.9. The van der Waals surface area contributed by atoms with Crippen molar-refractivity contribution in [3.63, 3.8) is 0 Å². The van der Waals surface area contributed by atoms with Gasteiger partial charge >= 0.3 is 0 Å². The average Bonchev–Trinajstić information content (AvgIpc) is 3.32. The summed E-state index contributed by atoms with van der Waals surface area (Å²) < 4.78 is 0. The molecule has 0 saturated carbocycles. The minimum atomic E-state index is -0.109. The van der Waals surface area contributed by atoms with Crippen molar-refractivity contribution in [3.8, 4) is 55.6 Å². The molecule has 0 heterocycles. The predicted molar refractivity (Wildman–Crippen MR) is 211 cm³/mol. The number of fused-ring (bicyclic) bond motifs is 8. The highest BCUT2D eigenvalue weighted by atomic mass is 15.1. The van der Waals surface area contributed by atoms with Gasteiger partial charge in [0.25, 0.3) is 0 Å². The van der Waals surface area contributed by atoms with Crippen LogP contribution in [0.3, 0.4) is 0 Å². The monoisotopic (exact) mass is 637 g/mol. The van der Waals surface area contributed by atoms with E-state index in [2.05, 4.69) is 195 Å². The Bertz CT molecular complexity index is 2600. The number of anilines is 3. The van der Waals surface area contributed by atoms with Crippen molar-refractivity contribution in [2.75, 3.05) is 4.90 Å². The molecule has 0 unspecified atom stereocenters. The molecule has 10 rings (SSSR count). The summed E-state index contributed by atoms with van der Waals surface area (Å²) in [4.78, 5) is 2.49. The molecule has 0 fully saturated rings. The van der Waals surface area contributed by atoms with Gasteiger partial charge in [-0.15, -0.1) is 0 Å².